The highest BCUT2D eigenvalue weighted by atomic mass is 16.6. The fourth-order valence-electron chi connectivity index (χ4n) is 4.15. The van der Waals surface area contributed by atoms with Crippen LogP contribution >= 0.6 is 0 Å². The first-order chi connectivity index (χ1) is 17.2. The van der Waals surface area contributed by atoms with Gasteiger partial charge in [0.1, 0.15) is 17.7 Å². The van der Waals surface area contributed by atoms with Crippen LogP contribution in [0, 0.1) is 0 Å². The average molecular weight is 500 g/mol. The summed E-state index contributed by atoms with van der Waals surface area (Å²) in [5, 5.41) is 32.5. The number of carbonyl (C=O) groups excluding carboxylic acids is 1. The van der Waals surface area contributed by atoms with E-state index >= 15 is 0 Å². The van der Waals surface area contributed by atoms with E-state index in [1.54, 1.807) is 6.92 Å². The highest BCUT2D eigenvalue weighted by Gasteiger charge is 2.47. The minimum absolute atomic E-state index is 0.0435. The molecule has 0 saturated carbocycles. The second-order valence-corrected chi connectivity index (χ2v) is 8.36. The summed E-state index contributed by atoms with van der Waals surface area (Å²) in [6.45, 7) is 4.49. The summed E-state index contributed by atoms with van der Waals surface area (Å²) in [5.74, 6) is -1.01. The molecule has 1 fully saturated rings. The zero-order valence-electron chi connectivity index (χ0n) is 19.9. The van der Waals surface area contributed by atoms with Crippen molar-refractivity contribution in [2.24, 2.45) is 0 Å². The maximum Gasteiger partial charge on any atom is 0.303 e. The number of hydrogen-bond donors (Lipinski definition) is 5. The topological polar surface area (TPSA) is 189 Å². The number of nitrogens with two attached hydrogens (primary N) is 1. The van der Waals surface area contributed by atoms with Crippen molar-refractivity contribution in [3.8, 4) is 0 Å². The van der Waals surface area contributed by atoms with Gasteiger partial charge in [-0.2, -0.15) is 9.97 Å². The Kier molecular flexibility index (Phi) is 7.33. The number of fused-ring (bicyclic) bond motifs is 1. The monoisotopic (exact) mass is 499 g/mol. The molecule has 0 radical (unpaired) electrons. The standard InChI is InChI=1S/C23H29N7O6/c1-3-25-21(35)18-16(33)17(34)22(36-18)30-11-26-15-19(24)27-23(28-20(15)30)29(4-2)13-8-5-12(6-9-13)7-10-14(31)32/h5-6,8-9,11,16-18,22,33-34H,3-4,7,10H2,1-2H3,(H,25,35)(H,31,32)(H2,24,27,28)/t16-,17+,18-,22+/m0/s1. The molecule has 0 bridgehead atoms. The normalized spacial score (nSPS) is 21.6. The van der Waals surface area contributed by atoms with Crippen LogP contribution in [0.25, 0.3) is 11.2 Å². The van der Waals surface area contributed by atoms with E-state index in [1.165, 1.54) is 10.9 Å². The maximum atomic E-state index is 12.3. The van der Waals surface area contributed by atoms with Crippen molar-refractivity contribution in [2.45, 2.75) is 51.2 Å². The summed E-state index contributed by atoms with van der Waals surface area (Å²) in [6, 6.07) is 7.38. The molecular formula is C23H29N7O6. The number of amides is 1. The molecule has 0 spiro atoms. The van der Waals surface area contributed by atoms with E-state index in [4.69, 9.17) is 15.6 Å². The predicted molar refractivity (Wildman–Crippen MR) is 129 cm³/mol. The molecule has 1 amide bonds. The van der Waals surface area contributed by atoms with Gasteiger partial charge in [-0.3, -0.25) is 14.2 Å². The number of nitrogens with zero attached hydrogens (tertiary/aromatic N) is 5. The third-order valence-corrected chi connectivity index (χ3v) is 5.99. The minimum atomic E-state index is -1.44. The Labute approximate surface area is 206 Å². The second kappa shape index (κ2) is 10.4. The summed E-state index contributed by atoms with van der Waals surface area (Å²) in [4.78, 5) is 38.2. The van der Waals surface area contributed by atoms with E-state index in [9.17, 15) is 19.8 Å². The van der Waals surface area contributed by atoms with Crippen LogP contribution < -0.4 is 16.0 Å². The molecule has 2 aromatic heterocycles. The minimum Gasteiger partial charge on any atom is -0.481 e. The zero-order chi connectivity index (χ0) is 26.0. The maximum absolute atomic E-state index is 12.3. The van der Waals surface area contributed by atoms with Gasteiger partial charge in [0.15, 0.2) is 23.8 Å². The molecule has 0 unspecified atom stereocenters. The summed E-state index contributed by atoms with van der Waals surface area (Å²) in [5.41, 5.74) is 8.39. The van der Waals surface area contributed by atoms with Gasteiger partial charge in [0, 0.05) is 25.2 Å². The van der Waals surface area contributed by atoms with Crippen LogP contribution in [0.4, 0.5) is 17.5 Å². The van der Waals surface area contributed by atoms with E-state index in [1.807, 2.05) is 36.1 Å². The fourth-order valence-corrected chi connectivity index (χ4v) is 4.15. The number of aromatic nitrogens is 4. The number of aliphatic carboxylic acids is 1. The van der Waals surface area contributed by atoms with Gasteiger partial charge in [-0.25, -0.2) is 4.98 Å². The summed E-state index contributed by atoms with van der Waals surface area (Å²) < 4.78 is 7.13. The number of carboxylic acids is 1. The number of anilines is 3. The molecule has 4 rings (SSSR count). The number of carboxylic acid groups (broad SMARTS) is 1. The van der Waals surface area contributed by atoms with Gasteiger partial charge >= 0.3 is 5.97 Å². The molecule has 3 heterocycles. The van der Waals surface area contributed by atoms with Crippen molar-refractivity contribution in [2.75, 3.05) is 23.7 Å². The highest BCUT2D eigenvalue weighted by molar-refractivity contribution is 5.84. The number of rotatable bonds is 9. The molecule has 3 aromatic rings. The lowest BCUT2D eigenvalue weighted by Crippen LogP contribution is -2.42. The number of aryl methyl sites for hydroxylation is 1. The van der Waals surface area contributed by atoms with Gasteiger partial charge < -0.3 is 36.0 Å². The first-order valence-corrected chi connectivity index (χ1v) is 11.6. The van der Waals surface area contributed by atoms with Crippen molar-refractivity contribution < 1.29 is 29.6 Å². The third-order valence-electron chi connectivity index (χ3n) is 5.99. The third kappa shape index (κ3) is 4.80. The van der Waals surface area contributed by atoms with Crippen LogP contribution in [0.2, 0.25) is 0 Å². The van der Waals surface area contributed by atoms with Gasteiger partial charge in [-0.1, -0.05) is 12.1 Å². The van der Waals surface area contributed by atoms with Crippen molar-refractivity contribution in [3.05, 3.63) is 36.2 Å². The van der Waals surface area contributed by atoms with Crippen LogP contribution in [-0.4, -0.2) is 78.1 Å². The van der Waals surface area contributed by atoms with Gasteiger partial charge in [-0.15, -0.1) is 0 Å². The Morgan fingerprint density at radius 1 is 1.17 bits per heavy atom. The van der Waals surface area contributed by atoms with Crippen molar-refractivity contribution >= 4 is 40.5 Å². The lowest BCUT2D eigenvalue weighted by Gasteiger charge is -2.22. The summed E-state index contributed by atoms with van der Waals surface area (Å²) >= 11 is 0. The molecular weight excluding hydrogens is 470 g/mol. The van der Waals surface area contributed by atoms with E-state index in [0.29, 0.717) is 19.5 Å². The van der Waals surface area contributed by atoms with Crippen LogP contribution in [0.1, 0.15) is 32.1 Å². The highest BCUT2D eigenvalue weighted by Crippen LogP contribution is 2.33. The van der Waals surface area contributed by atoms with Gasteiger partial charge in [0.25, 0.3) is 5.91 Å². The molecule has 1 aliphatic rings. The number of aliphatic hydroxyl groups excluding tert-OH is 2. The number of ether oxygens (including phenoxy) is 1. The molecule has 0 aliphatic carbocycles. The number of aliphatic hydroxyl groups is 2. The second-order valence-electron chi connectivity index (χ2n) is 8.36. The zero-order valence-corrected chi connectivity index (χ0v) is 19.9. The largest absolute Gasteiger partial charge is 0.481 e. The Hall–Kier alpha value is -3.81. The SMILES string of the molecule is CCNC(=O)[C@H]1O[C@@H](n2cnc3c(N)nc(N(CC)c4ccc(CCC(=O)O)cc4)nc32)[C@H](O)[C@@H]1O. The Balaban J connectivity index is 1.66. The summed E-state index contributed by atoms with van der Waals surface area (Å²) in [6.07, 6.45) is -3.39. The molecule has 36 heavy (non-hydrogen) atoms. The van der Waals surface area contributed by atoms with Crippen molar-refractivity contribution in [3.63, 3.8) is 0 Å². The number of hydrogen-bond acceptors (Lipinski definition) is 10. The van der Waals surface area contributed by atoms with Crippen molar-refractivity contribution in [1.82, 2.24) is 24.8 Å². The molecule has 1 aromatic carbocycles. The van der Waals surface area contributed by atoms with Crippen LogP contribution in [0.5, 0.6) is 0 Å². The van der Waals surface area contributed by atoms with Crippen molar-refractivity contribution in [1.29, 1.82) is 0 Å². The van der Waals surface area contributed by atoms with Gasteiger partial charge in [0.2, 0.25) is 5.95 Å². The number of likely N-dealkylation sites (N-methyl/N-ethyl adjacent to an activating group) is 1. The fraction of sp³-hybridized carbons (Fsp3) is 0.435. The Bertz CT molecular complexity index is 1250. The molecule has 192 valence electrons. The molecule has 6 N–H and O–H groups in total. The van der Waals surface area contributed by atoms with E-state index in [2.05, 4.69) is 20.3 Å². The van der Waals surface area contributed by atoms with Gasteiger partial charge in [0.05, 0.1) is 6.33 Å². The molecule has 13 heteroatoms. The average Bonchev–Trinajstić information content (AvgIpc) is 3.40. The van der Waals surface area contributed by atoms with Crippen LogP contribution in [0.15, 0.2) is 30.6 Å². The van der Waals surface area contributed by atoms with Gasteiger partial charge in [-0.05, 0) is 38.0 Å². The molecule has 13 nitrogen and oxygen atoms in total. The number of imidazole rings is 1. The first kappa shape index (κ1) is 25.3. The molecule has 4 atom stereocenters. The number of benzene rings is 1. The van der Waals surface area contributed by atoms with Crippen LogP contribution in [-0.2, 0) is 20.7 Å². The first-order valence-electron chi connectivity index (χ1n) is 11.6. The van der Waals surface area contributed by atoms with E-state index in [-0.39, 0.29) is 29.4 Å². The predicted octanol–water partition coefficient (Wildman–Crippen LogP) is 0.339. The van der Waals surface area contributed by atoms with Crippen LogP contribution in [0.3, 0.4) is 0 Å². The van der Waals surface area contributed by atoms with E-state index < -0.39 is 36.4 Å². The quantitative estimate of drug-likeness (QED) is 0.273. The molecule has 1 saturated heterocycles. The summed E-state index contributed by atoms with van der Waals surface area (Å²) in [7, 11) is 0. The lowest BCUT2D eigenvalue weighted by atomic mass is 10.1. The number of nitrogen functional groups attached to an aromatic ring is 1. The smallest absolute Gasteiger partial charge is 0.303 e. The number of carbonyl (C=O) groups is 2. The Morgan fingerprint density at radius 2 is 1.89 bits per heavy atom. The Morgan fingerprint density at radius 3 is 2.53 bits per heavy atom. The number of nitrogens with one attached hydrogen (secondary N) is 1. The van der Waals surface area contributed by atoms with E-state index in [0.717, 1.165) is 11.3 Å². The molecule has 1 aliphatic heterocycles. The lowest BCUT2D eigenvalue weighted by molar-refractivity contribution is -0.138.